The second kappa shape index (κ2) is 4.00. The number of halogens is 1. The molecule has 3 nitrogen and oxygen atoms in total. The predicted molar refractivity (Wildman–Crippen MR) is 58.0 cm³/mol. The fraction of sp³-hybridized carbons (Fsp3) is 0.300. The van der Waals surface area contributed by atoms with Gasteiger partial charge >= 0.3 is 0 Å². The maximum atomic E-state index is 5.44. The number of fused-ring (bicyclic) bond motifs is 1. The Bertz CT molecular complexity index is 439. The van der Waals surface area contributed by atoms with E-state index in [1.807, 2.05) is 25.1 Å². The van der Waals surface area contributed by atoms with Crippen molar-refractivity contribution in [3.05, 3.63) is 23.9 Å². The molecule has 0 aliphatic heterocycles. The third-order valence-electron chi connectivity index (χ3n) is 1.97. The molecule has 0 fully saturated rings. The Labute approximate surface area is 90.2 Å². The topological polar surface area (TPSA) is 35.3 Å². The fourth-order valence-corrected chi connectivity index (χ4v) is 1.45. The minimum atomic E-state index is 0.651. The van der Waals surface area contributed by atoms with Crippen molar-refractivity contribution >= 4 is 26.9 Å². The lowest BCUT2D eigenvalue weighted by Crippen LogP contribution is -1.96. The molecule has 1 heterocycles. The standard InChI is InChI=1S/C10H10BrNO2/c1-7-9-3-2-8(13-5-4-11)6-10(9)14-12-7/h2-3,6H,4-5H2,1H3. The lowest BCUT2D eigenvalue weighted by Gasteiger charge is -2.02. The summed E-state index contributed by atoms with van der Waals surface area (Å²) in [6.45, 7) is 2.57. The maximum Gasteiger partial charge on any atom is 0.170 e. The second-order valence-corrected chi connectivity index (χ2v) is 3.76. The molecule has 0 unspecified atom stereocenters. The molecule has 0 N–H and O–H groups in total. The summed E-state index contributed by atoms with van der Waals surface area (Å²) in [7, 11) is 0. The van der Waals surface area contributed by atoms with Gasteiger partial charge in [0.25, 0.3) is 0 Å². The predicted octanol–water partition coefficient (Wildman–Crippen LogP) is 2.91. The average molecular weight is 256 g/mol. The van der Waals surface area contributed by atoms with Crippen LogP contribution in [0.1, 0.15) is 5.69 Å². The van der Waals surface area contributed by atoms with Crippen LogP contribution < -0.4 is 4.74 Å². The van der Waals surface area contributed by atoms with Gasteiger partial charge in [-0.25, -0.2) is 0 Å². The van der Waals surface area contributed by atoms with Crippen LogP contribution in [0.25, 0.3) is 11.0 Å². The molecule has 1 aromatic carbocycles. The van der Waals surface area contributed by atoms with Crippen LogP contribution in [0.15, 0.2) is 22.7 Å². The highest BCUT2D eigenvalue weighted by molar-refractivity contribution is 9.09. The molecule has 0 saturated carbocycles. The summed E-state index contributed by atoms with van der Waals surface area (Å²) in [6.07, 6.45) is 0. The first kappa shape index (κ1) is 9.52. The number of benzene rings is 1. The van der Waals surface area contributed by atoms with Gasteiger partial charge in [0.05, 0.1) is 12.3 Å². The fourth-order valence-electron chi connectivity index (χ4n) is 1.29. The molecule has 0 bridgehead atoms. The number of nitrogens with zero attached hydrogens (tertiary/aromatic N) is 1. The van der Waals surface area contributed by atoms with E-state index in [1.165, 1.54) is 0 Å². The van der Waals surface area contributed by atoms with E-state index < -0.39 is 0 Å². The van der Waals surface area contributed by atoms with Gasteiger partial charge in [0.15, 0.2) is 5.58 Å². The van der Waals surface area contributed by atoms with Gasteiger partial charge in [-0.3, -0.25) is 0 Å². The molecule has 14 heavy (non-hydrogen) atoms. The van der Waals surface area contributed by atoms with Crippen molar-refractivity contribution in [2.45, 2.75) is 6.92 Å². The van der Waals surface area contributed by atoms with Gasteiger partial charge in [-0.05, 0) is 19.1 Å². The number of aromatic nitrogens is 1. The van der Waals surface area contributed by atoms with Crippen LogP contribution in [0.3, 0.4) is 0 Å². The zero-order valence-electron chi connectivity index (χ0n) is 7.79. The van der Waals surface area contributed by atoms with Crippen molar-refractivity contribution in [1.29, 1.82) is 0 Å². The van der Waals surface area contributed by atoms with Crippen LogP contribution in [-0.2, 0) is 0 Å². The van der Waals surface area contributed by atoms with Gasteiger partial charge in [-0.1, -0.05) is 21.1 Å². The quantitative estimate of drug-likeness (QED) is 0.792. The Balaban J connectivity index is 2.32. The Morgan fingerprint density at radius 3 is 3.14 bits per heavy atom. The molecular weight excluding hydrogens is 246 g/mol. The van der Waals surface area contributed by atoms with Crippen LogP contribution in [0.4, 0.5) is 0 Å². The molecular formula is C10H10BrNO2. The lowest BCUT2D eigenvalue weighted by molar-refractivity contribution is 0.344. The van der Waals surface area contributed by atoms with Gasteiger partial charge in [0.2, 0.25) is 0 Å². The SMILES string of the molecule is Cc1noc2cc(OCCBr)ccc12. The number of aryl methyl sites for hydroxylation is 1. The van der Waals surface area contributed by atoms with E-state index in [-0.39, 0.29) is 0 Å². The number of hydrogen-bond donors (Lipinski definition) is 0. The highest BCUT2D eigenvalue weighted by atomic mass is 79.9. The largest absolute Gasteiger partial charge is 0.493 e. The number of hydrogen-bond acceptors (Lipinski definition) is 3. The summed E-state index contributed by atoms with van der Waals surface area (Å²) in [4.78, 5) is 0. The van der Waals surface area contributed by atoms with Crippen LogP contribution in [-0.4, -0.2) is 17.1 Å². The molecule has 0 spiro atoms. The van der Waals surface area contributed by atoms with E-state index in [1.54, 1.807) is 0 Å². The second-order valence-electron chi connectivity index (χ2n) is 2.96. The zero-order chi connectivity index (χ0) is 9.97. The van der Waals surface area contributed by atoms with E-state index in [2.05, 4.69) is 21.1 Å². The number of alkyl halides is 1. The zero-order valence-corrected chi connectivity index (χ0v) is 9.37. The maximum absolute atomic E-state index is 5.44. The summed E-state index contributed by atoms with van der Waals surface area (Å²) in [5, 5.41) is 5.74. The molecule has 0 atom stereocenters. The van der Waals surface area contributed by atoms with E-state index in [0.717, 1.165) is 27.7 Å². The van der Waals surface area contributed by atoms with Crippen molar-refractivity contribution in [1.82, 2.24) is 5.16 Å². The molecule has 1 aromatic heterocycles. The Morgan fingerprint density at radius 1 is 1.50 bits per heavy atom. The van der Waals surface area contributed by atoms with Crippen LogP contribution in [0.2, 0.25) is 0 Å². The molecule has 0 radical (unpaired) electrons. The van der Waals surface area contributed by atoms with Crippen molar-refractivity contribution < 1.29 is 9.26 Å². The highest BCUT2D eigenvalue weighted by Crippen LogP contribution is 2.23. The van der Waals surface area contributed by atoms with Gasteiger partial charge in [0.1, 0.15) is 5.75 Å². The third kappa shape index (κ3) is 1.75. The van der Waals surface area contributed by atoms with Crippen molar-refractivity contribution in [3.8, 4) is 5.75 Å². The van der Waals surface area contributed by atoms with Gasteiger partial charge < -0.3 is 9.26 Å². The van der Waals surface area contributed by atoms with Crippen molar-refractivity contribution in [2.75, 3.05) is 11.9 Å². The summed E-state index contributed by atoms with van der Waals surface area (Å²) in [6, 6.07) is 5.75. The summed E-state index contributed by atoms with van der Waals surface area (Å²) >= 11 is 3.30. The average Bonchev–Trinajstić information content (AvgIpc) is 2.57. The number of rotatable bonds is 3. The molecule has 0 amide bonds. The Hall–Kier alpha value is -1.03. The smallest absolute Gasteiger partial charge is 0.170 e. The molecule has 0 aliphatic carbocycles. The first-order valence-corrected chi connectivity index (χ1v) is 5.48. The summed E-state index contributed by atoms with van der Waals surface area (Å²) in [5.41, 5.74) is 1.68. The Morgan fingerprint density at radius 2 is 2.36 bits per heavy atom. The molecule has 4 heteroatoms. The first-order chi connectivity index (χ1) is 6.81. The minimum absolute atomic E-state index is 0.651. The Kier molecular flexibility index (Phi) is 2.72. The highest BCUT2D eigenvalue weighted by Gasteiger charge is 2.04. The lowest BCUT2D eigenvalue weighted by atomic mass is 10.2. The monoisotopic (exact) mass is 255 g/mol. The normalized spacial score (nSPS) is 10.7. The van der Waals surface area contributed by atoms with E-state index >= 15 is 0 Å². The van der Waals surface area contributed by atoms with Gasteiger partial charge in [0, 0.05) is 16.8 Å². The van der Waals surface area contributed by atoms with Gasteiger partial charge in [-0.2, -0.15) is 0 Å². The molecule has 0 aliphatic rings. The summed E-state index contributed by atoms with van der Waals surface area (Å²) in [5.74, 6) is 0.813. The van der Waals surface area contributed by atoms with Crippen LogP contribution >= 0.6 is 15.9 Å². The molecule has 0 saturated heterocycles. The van der Waals surface area contributed by atoms with E-state index in [4.69, 9.17) is 9.26 Å². The molecule has 2 aromatic rings. The third-order valence-corrected chi connectivity index (χ3v) is 2.29. The minimum Gasteiger partial charge on any atom is -0.493 e. The van der Waals surface area contributed by atoms with Gasteiger partial charge in [-0.15, -0.1) is 0 Å². The van der Waals surface area contributed by atoms with Crippen molar-refractivity contribution in [2.24, 2.45) is 0 Å². The number of ether oxygens (including phenoxy) is 1. The van der Waals surface area contributed by atoms with Crippen molar-refractivity contribution in [3.63, 3.8) is 0 Å². The van der Waals surface area contributed by atoms with E-state index in [9.17, 15) is 0 Å². The first-order valence-electron chi connectivity index (χ1n) is 4.36. The summed E-state index contributed by atoms with van der Waals surface area (Å²) < 4.78 is 10.6. The molecule has 2 rings (SSSR count). The van der Waals surface area contributed by atoms with E-state index in [0.29, 0.717) is 6.61 Å². The van der Waals surface area contributed by atoms with Crippen LogP contribution in [0.5, 0.6) is 5.75 Å². The van der Waals surface area contributed by atoms with Crippen LogP contribution in [0, 0.1) is 6.92 Å². The molecule has 74 valence electrons.